The number of carboxylic acid groups (broad SMARTS) is 1. The van der Waals surface area contributed by atoms with E-state index in [1.807, 2.05) is 0 Å². The Morgan fingerprint density at radius 2 is 1.20 bits per heavy atom. The van der Waals surface area contributed by atoms with Crippen LogP contribution in [0.5, 0.6) is 0 Å². The van der Waals surface area contributed by atoms with Crippen molar-refractivity contribution in [3.63, 3.8) is 0 Å². The number of esters is 1. The first kappa shape index (κ1) is 43.0. The van der Waals surface area contributed by atoms with Crippen LogP contribution in [-0.2, 0) is 41.8 Å². The molecule has 4 unspecified atom stereocenters. The number of thioether (sulfide) groups is 1. The van der Waals surface area contributed by atoms with Crippen molar-refractivity contribution in [1.82, 2.24) is 4.90 Å². The third-order valence-electron chi connectivity index (χ3n) is 8.00. The smallest absolute Gasteiger partial charge is 0.478 e. The SMILES string of the molecule is CSC1C(C(C)OC(=O)OCc2ccc([N+](=O)[O-])cc2)C(=O)N1C(C(=O)OCc1ccc([N+](=O)[O-])cc1)C(=O)C(C)(C)C.O=C(O)c1ccc([N+](=O)[O-])cc1. The molecule has 1 aliphatic rings. The topological polar surface area (TPSA) is 266 Å². The molecular weight excluding hydrogens is 748 g/mol. The molecule has 1 fully saturated rings. The molecule has 4 rings (SSSR count). The van der Waals surface area contributed by atoms with E-state index in [4.69, 9.17) is 19.3 Å². The molecule has 3 aromatic carbocycles. The zero-order chi connectivity index (χ0) is 41.2. The van der Waals surface area contributed by atoms with Gasteiger partial charge in [0.25, 0.3) is 17.1 Å². The maximum absolute atomic E-state index is 13.4. The van der Waals surface area contributed by atoms with Crippen molar-refractivity contribution >= 4 is 58.6 Å². The number of carbonyl (C=O) groups excluding carboxylic acids is 4. The molecule has 0 aromatic heterocycles. The Bertz CT molecular complexity index is 1900. The van der Waals surface area contributed by atoms with Crippen LogP contribution in [0.2, 0.25) is 0 Å². The van der Waals surface area contributed by atoms with Gasteiger partial charge in [0.05, 0.1) is 25.7 Å². The number of non-ortho nitro benzene ring substituents is 3. The van der Waals surface area contributed by atoms with Crippen molar-refractivity contribution in [2.75, 3.05) is 6.26 Å². The van der Waals surface area contributed by atoms with Gasteiger partial charge in [-0.05, 0) is 60.7 Å². The number of amides is 1. The highest BCUT2D eigenvalue weighted by atomic mass is 32.2. The Morgan fingerprint density at radius 1 is 0.782 bits per heavy atom. The summed E-state index contributed by atoms with van der Waals surface area (Å²) in [6.07, 6.45) is -0.369. The van der Waals surface area contributed by atoms with Gasteiger partial charge in [-0.1, -0.05) is 20.8 Å². The molecular formula is C35H36N4O15S. The van der Waals surface area contributed by atoms with Gasteiger partial charge in [0.2, 0.25) is 5.91 Å². The second-order valence-corrected chi connectivity index (χ2v) is 13.8. The van der Waals surface area contributed by atoms with Crippen LogP contribution in [0.15, 0.2) is 72.8 Å². The Morgan fingerprint density at radius 3 is 1.58 bits per heavy atom. The predicted octanol–water partition coefficient (Wildman–Crippen LogP) is 5.71. The zero-order valence-electron chi connectivity index (χ0n) is 30.0. The Hall–Kier alpha value is -6.44. The summed E-state index contributed by atoms with van der Waals surface area (Å²) in [7, 11) is 0. The van der Waals surface area contributed by atoms with Crippen molar-refractivity contribution < 1.29 is 58.1 Å². The molecule has 0 aliphatic carbocycles. The number of Topliss-reactive ketones (excluding diaryl/α,β-unsaturated/α-hetero) is 1. The summed E-state index contributed by atoms with van der Waals surface area (Å²) in [5.41, 5.74) is -0.407. The number of hydrogen-bond donors (Lipinski definition) is 1. The normalized spacial score (nSPS) is 15.9. The molecule has 1 N–H and O–H groups in total. The standard InChI is InChI=1S/C28H31N3O11S.C7H5NO4/c1-16(42-27(35)41-15-18-8-12-20(13-9-18)31(38)39)21-24(33)29(25(21)43-5)22(23(32)28(2,3)4)26(34)40-14-17-6-10-19(11-7-17)30(36)37;9-7(10)5-1-3-6(4-2-5)8(11)12/h6-13,16,21-22,25H,14-15H2,1-5H3;1-4H,(H,9,10). The fourth-order valence-corrected chi connectivity index (χ4v) is 6.11. The number of ketones is 1. The third kappa shape index (κ3) is 11.3. The van der Waals surface area contributed by atoms with Gasteiger partial charge < -0.3 is 24.2 Å². The van der Waals surface area contributed by atoms with Gasteiger partial charge in [0.1, 0.15) is 25.2 Å². The van der Waals surface area contributed by atoms with Crippen LogP contribution in [-0.4, -0.2) is 78.3 Å². The van der Waals surface area contributed by atoms with E-state index in [1.54, 1.807) is 27.0 Å². The number of nitro groups is 3. The van der Waals surface area contributed by atoms with E-state index in [2.05, 4.69) is 0 Å². The average molecular weight is 785 g/mol. The Balaban J connectivity index is 0.000000574. The predicted molar refractivity (Wildman–Crippen MR) is 193 cm³/mol. The first-order valence-corrected chi connectivity index (χ1v) is 17.4. The molecule has 55 heavy (non-hydrogen) atoms. The molecule has 1 aliphatic heterocycles. The number of aromatic carboxylic acids is 1. The monoisotopic (exact) mass is 784 g/mol. The molecule has 1 amide bonds. The van der Waals surface area contributed by atoms with Crippen molar-refractivity contribution in [3.05, 3.63) is 120 Å². The summed E-state index contributed by atoms with van der Waals surface area (Å²) in [6.45, 7) is 5.81. The second-order valence-electron chi connectivity index (χ2n) is 12.8. The summed E-state index contributed by atoms with van der Waals surface area (Å²) in [4.78, 5) is 93.9. The second kappa shape index (κ2) is 18.5. The summed E-state index contributed by atoms with van der Waals surface area (Å²) in [5.74, 6) is -4.09. The Labute approximate surface area is 317 Å². The van der Waals surface area contributed by atoms with E-state index in [0.29, 0.717) is 11.1 Å². The van der Waals surface area contributed by atoms with Crippen LogP contribution in [0.25, 0.3) is 0 Å². The van der Waals surface area contributed by atoms with Gasteiger partial charge in [-0.15, -0.1) is 11.8 Å². The molecule has 20 heteroatoms. The Kier molecular flexibility index (Phi) is 14.5. The minimum Gasteiger partial charge on any atom is -0.478 e. The van der Waals surface area contributed by atoms with E-state index >= 15 is 0 Å². The van der Waals surface area contributed by atoms with E-state index in [9.17, 15) is 54.3 Å². The summed E-state index contributed by atoms with van der Waals surface area (Å²) in [6, 6.07) is 13.9. The highest BCUT2D eigenvalue weighted by Crippen LogP contribution is 2.40. The average Bonchev–Trinajstić information content (AvgIpc) is 3.13. The van der Waals surface area contributed by atoms with Gasteiger partial charge in [-0.25, -0.2) is 14.4 Å². The number of nitrogens with zero attached hydrogens (tertiary/aromatic N) is 4. The number of carboxylic acids is 1. The van der Waals surface area contributed by atoms with Crippen LogP contribution in [0.3, 0.4) is 0 Å². The highest BCUT2D eigenvalue weighted by Gasteiger charge is 2.58. The molecule has 1 heterocycles. The molecule has 292 valence electrons. The van der Waals surface area contributed by atoms with Gasteiger partial charge in [-0.2, -0.15) is 0 Å². The number of β-lactam (4-membered cyclic amide) rings is 1. The van der Waals surface area contributed by atoms with Crippen LogP contribution < -0.4 is 0 Å². The molecule has 4 atom stereocenters. The van der Waals surface area contributed by atoms with Crippen LogP contribution in [0, 0.1) is 41.7 Å². The molecule has 0 bridgehead atoms. The number of carbonyl (C=O) groups is 5. The minimum atomic E-state index is -1.57. The molecule has 1 saturated heterocycles. The molecule has 19 nitrogen and oxygen atoms in total. The lowest BCUT2D eigenvalue weighted by Crippen LogP contribution is -2.70. The maximum Gasteiger partial charge on any atom is 0.508 e. The number of ether oxygens (including phenoxy) is 3. The van der Waals surface area contributed by atoms with E-state index in [1.165, 1.54) is 79.3 Å². The van der Waals surface area contributed by atoms with E-state index < -0.39 is 73.4 Å². The van der Waals surface area contributed by atoms with Crippen LogP contribution in [0.1, 0.15) is 49.2 Å². The fraction of sp³-hybridized carbons (Fsp3) is 0.343. The first-order valence-electron chi connectivity index (χ1n) is 16.1. The fourth-order valence-electron chi connectivity index (χ4n) is 5.02. The van der Waals surface area contributed by atoms with E-state index in [0.717, 1.165) is 17.0 Å². The molecule has 0 radical (unpaired) electrons. The summed E-state index contributed by atoms with van der Waals surface area (Å²) >= 11 is 1.19. The summed E-state index contributed by atoms with van der Waals surface area (Å²) < 4.78 is 15.8. The van der Waals surface area contributed by atoms with Crippen molar-refractivity contribution in [1.29, 1.82) is 0 Å². The van der Waals surface area contributed by atoms with Gasteiger partial charge >= 0.3 is 18.1 Å². The van der Waals surface area contributed by atoms with Crippen LogP contribution in [0.4, 0.5) is 21.9 Å². The van der Waals surface area contributed by atoms with Gasteiger partial charge in [0, 0.05) is 41.8 Å². The van der Waals surface area contributed by atoms with Gasteiger partial charge in [0.15, 0.2) is 11.8 Å². The van der Waals surface area contributed by atoms with Crippen molar-refractivity contribution in [2.45, 2.75) is 58.4 Å². The van der Waals surface area contributed by atoms with E-state index in [-0.39, 0.29) is 35.8 Å². The minimum absolute atomic E-state index is 0.0422. The molecule has 0 saturated carbocycles. The lowest BCUT2D eigenvalue weighted by Gasteiger charge is -2.50. The molecule has 3 aromatic rings. The van der Waals surface area contributed by atoms with Gasteiger partial charge in [-0.3, -0.25) is 39.9 Å². The molecule has 0 spiro atoms. The number of rotatable bonds is 14. The number of benzene rings is 3. The lowest BCUT2D eigenvalue weighted by atomic mass is 9.82. The van der Waals surface area contributed by atoms with Crippen molar-refractivity contribution in [3.8, 4) is 0 Å². The number of nitro benzene ring substituents is 3. The lowest BCUT2D eigenvalue weighted by molar-refractivity contribution is -0.385. The zero-order valence-corrected chi connectivity index (χ0v) is 30.8. The highest BCUT2D eigenvalue weighted by molar-refractivity contribution is 7.99. The maximum atomic E-state index is 13.4. The largest absolute Gasteiger partial charge is 0.508 e. The number of hydrogen-bond acceptors (Lipinski definition) is 15. The van der Waals surface area contributed by atoms with Crippen molar-refractivity contribution in [2.24, 2.45) is 11.3 Å². The third-order valence-corrected chi connectivity index (χ3v) is 9.00. The van der Waals surface area contributed by atoms with Crippen LogP contribution >= 0.6 is 11.8 Å². The summed E-state index contributed by atoms with van der Waals surface area (Å²) in [5, 5.41) is 39.5. The number of likely N-dealkylation sites (tertiary alicyclic amines) is 1. The quantitative estimate of drug-likeness (QED) is 0.0674. The first-order chi connectivity index (χ1) is 25.8.